The Balaban J connectivity index is 5.21. The molecule has 0 aliphatic heterocycles. The molecule has 0 aliphatic rings. The number of unbranched alkanes of at least 4 members (excludes halogenated alkanes) is 53. The number of aliphatic hydroxyl groups is 1. The summed E-state index contributed by atoms with van der Waals surface area (Å²) in [6.07, 6.45) is 69.5. The van der Waals surface area contributed by atoms with Crippen LogP contribution in [0.1, 0.15) is 459 Å². The van der Waals surface area contributed by atoms with Crippen molar-refractivity contribution in [3.8, 4) is 0 Å². The van der Waals surface area contributed by atoms with Gasteiger partial charge in [-0.05, 0) is 37.5 Å². The van der Waals surface area contributed by atoms with E-state index < -0.39 is 97.5 Å². The Morgan fingerprint density at radius 3 is 0.676 bits per heavy atom. The molecule has 0 bridgehead atoms. The summed E-state index contributed by atoms with van der Waals surface area (Å²) in [5.41, 5.74) is 0. The molecular weight excluding hydrogens is 1370 g/mol. The van der Waals surface area contributed by atoms with Gasteiger partial charge in [-0.2, -0.15) is 0 Å². The van der Waals surface area contributed by atoms with Crippen LogP contribution >= 0.6 is 15.6 Å². The first-order valence-electron chi connectivity index (χ1n) is 44.6. The number of ether oxygens (including phenoxy) is 4. The predicted octanol–water partition coefficient (Wildman–Crippen LogP) is 26.2. The van der Waals surface area contributed by atoms with E-state index in [4.69, 9.17) is 37.0 Å². The van der Waals surface area contributed by atoms with Crippen LogP contribution in [-0.2, 0) is 65.4 Å². The summed E-state index contributed by atoms with van der Waals surface area (Å²) >= 11 is 0. The highest BCUT2D eigenvalue weighted by atomic mass is 31.2. The summed E-state index contributed by atoms with van der Waals surface area (Å²) in [5, 5.41) is 10.7. The van der Waals surface area contributed by atoms with Gasteiger partial charge in [-0.15, -0.1) is 0 Å². The quantitative estimate of drug-likeness (QED) is 0.0222. The Morgan fingerprint density at radius 2 is 0.457 bits per heavy atom. The van der Waals surface area contributed by atoms with Gasteiger partial charge in [0.15, 0.2) is 12.2 Å². The summed E-state index contributed by atoms with van der Waals surface area (Å²) in [7, 11) is -9.93. The monoisotopic (exact) mass is 1540 g/mol. The van der Waals surface area contributed by atoms with Gasteiger partial charge in [0.25, 0.3) is 0 Å². The molecule has 624 valence electrons. The first-order valence-corrected chi connectivity index (χ1v) is 47.6. The fraction of sp³-hybridized carbons (Fsp3) is 0.953. The summed E-state index contributed by atoms with van der Waals surface area (Å²) in [6, 6.07) is 0. The van der Waals surface area contributed by atoms with Crippen molar-refractivity contribution in [2.45, 2.75) is 477 Å². The van der Waals surface area contributed by atoms with E-state index in [0.29, 0.717) is 25.7 Å². The summed E-state index contributed by atoms with van der Waals surface area (Å²) in [6.45, 7) is 9.69. The molecule has 0 spiro atoms. The molecule has 0 saturated heterocycles. The third kappa shape index (κ3) is 77.2. The lowest BCUT2D eigenvalue weighted by Crippen LogP contribution is -2.30. The van der Waals surface area contributed by atoms with Crippen molar-refractivity contribution < 1.29 is 80.2 Å². The highest BCUT2D eigenvalue weighted by molar-refractivity contribution is 7.47. The van der Waals surface area contributed by atoms with Gasteiger partial charge in [-0.25, -0.2) is 9.13 Å². The number of hydrogen-bond donors (Lipinski definition) is 3. The molecule has 0 rings (SSSR count). The molecule has 105 heavy (non-hydrogen) atoms. The van der Waals surface area contributed by atoms with Crippen molar-refractivity contribution in [2.24, 2.45) is 11.8 Å². The maximum absolute atomic E-state index is 13.1. The van der Waals surface area contributed by atoms with Crippen molar-refractivity contribution >= 4 is 39.5 Å². The van der Waals surface area contributed by atoms with Crippen molar-refractivity contribution in [2.75, 3.05) is 39.6 Å². The van der Waals surface area contributed by atoms with Gasteiger partial charge in [0.05, 0.1) is 26.4 Å². The van der Waals surface area contributed by atoms with Crippen molar-refractivity contribution in [3.05, 3.63) is 0 Å². The average Bonchev–Trinajstić information content (AvgIpc) is 0.903. The van der Waals surface area contributed by atoms with E-state index >= 15 is 0 Å². The Hall–Kier alpha value is -1.94. The number of carbonyl (C=O) groups excluding carboxylic acids is 4. The minimum atomic E-state index is -4.97. The van der Waals surface area contributed by atoms with Crippen molar-refractivity contribution in [3.63, 3.8) is 0 Å². The lowest BCUT2D eigenvalue weighted by molar-refractivity contribution is -0.161. The van der Waals surface area contributed by atoms with Gasteiger partial charge < -0.3 is 33.8 Å². The largest absolute Gasteiger partial charge is 0.472 e. The maximum atomic E-state index is 13.1. The van der Waals surface area contributed by atoms with Gasteiger partial charge in [0.1, 0.15) is 19.3 Å². The van der Waals surface area contributed by atoms with Gasteiger partial charge in [0, 0.05) is 25.7 Å². The standard InChI is InChI=1S/C86H168O17P2/c1-7-11-13-15-17-19-21-23-24-25-26-27-31-34-38-41-45-49-56-62-68-83(88)96-74-81(102-85(90)71-65-59-51-47-43-39-35-32-29-28-30-33-37-40-44-48-54-60-66-78(5)9-3)76-100-104(92,93)98-72-80(87)73-99-105(94,95)101-77-82(75-97-84(89)69-63-57-53-52-55-61-67-79(6)10-4)103-86(91)70-64-58-50-46-42-36-22-20-18-16-14-12-8-2/h78-82,87H,7-77H2,1-6H3,(H,92,93)(H,94,95)/t78?,79?,80-,81-,82-/m1/s1. The molecule has 0 heterocycles. The number of phosphoric ester groups is 2. The number of carbonyl (C=O) groups is 4. The zero-order valence-electron chi connectivity index (χ0n) is 69.0. The molecule has 4 unspecified atom stereocenters. The lowest BCUT2D eigenvalue weighted by atomic mass is 9.99. The summed E-state index contributed by atoms with van der Waals surface area (Å²) in [5.74, 6) is -0.502. The van der Waals surface area contributed by atoms with Crippen LogP contribution in [-0.4, -0.2) is 96.7 Å². The second-order valence-electron chi connectivity index (χ2n) is 31.4. The lowest BCUT2D eigenvalue weighted by Gasteiger charge is -2.21. The van der Waals surface area contributed by atoms with Crippen molar-refractivity contribution in [1.29, 1.82) is 0 Å². The molecule has 0 aliphatic carbocycles. The number of aliphatic hydroxyl groups excluding tert-OH is 1. The van der Waals surface area contributed by atoms with E-state index in [9.17, 15) is 43.2 Å². The fourth-order valence-corrected chi connectivity index (χ4v) is 14.9. The first-order chi connectivity index (χ1) is 50.9. The molecular formula is C86H168O17P2. The zero-order valence-corrected chi connectivity index (χ0v) is 70.8. The Bertz CT molecular complexity index is 2010. The van der Waals surface area contributed by atoms with Crippen LogP contribution in [0.15, 0.2) is 0 Å². The maximum Gasteiger partial charge on any atom is 0.472 e. The first kappa shape index (κ1) is 103. The van der Waals surface area contributed by atoms with Crippen LogP contribution in [0.5, 0.6) is 0 Å². The molecule has 7 atom stereocenters. The molecule has 0 amide bonds. The fourth-order valence-electron chi connectivity index (χ4n) is 13.4. The third-order valence-electron chi connectivity index (χ3n) is 20.9. The molecule has 0 aromatic rings. The van der Waals surface area contributed by atoms with Crippen molar-refractivity contribution in [1.82, 2.24) is 0 Å². The van der Waals surface area contributed by atoms with Crippen LogP contribution in [0, 0.1) is 11.8 Å². The highest BCUT2D eigenvalue weighted by Gasteiger charge is 2.30. The Labute approximate surface area is 645 Å². The number of rotatable bonds is 85. The minimum Gasteiger partial charge on any atom is -0.462 e. The molecule has 17 nitrogen and oxygen atoms in total. The molecule has 19 heteroatoms. The minimum absolute atomic E-state index is 0.107. The van der Waals surface area contributed by atoms with E-state index in [1.807, 2.05) is 0 Å². The van der Waals surface area contributed by atoms with Gasteiger partial charge >= 0.3 is 39.5 Å². The third-order valence-corrected chi connectivity index (χ3v) is 22.8. The molecule has 0 radical (unpaired) electrons. The van der Waals surface area contributed by atoms with E-state index in [1.54, 1.807) is 0 Å². The molecule has 3 N–H and O–H groups in total. The van der Waals surface area contributed by atoms with E-state index in [-0.39, 0.29) is 25.7 Å². The van der Waals surface area contributed by atoms with Gasteiger partial charge in [-0.3, -0.25) is 37.3 Å². The highest BCUT2D eigenvalue weighted by Crippen LogP contribution is 2.45. The normalized spacial score (nSPS) is 14.3. The van der Waals surface area contributed by atoms with E-state index in [2.05, 4.69) is 41.5 Å². The second-order valence-corrected chi connectivity index (χ2v) is 34.3. The Morgan fingerprint density at radius 1 is 0.267 bits per heavy atom. The number of hydrogen-bond acceptors (Lipinski definition) is 15. The van der Waals surface area contributed by atoms with E-state index in [0.717, 1.165) is 108 Å². The van der Waals surface area contributed by atoms with Crippen LogP contribution in [0.4, 0.5) is 0 Å². The topological polar surface area (TPSA) is 237 Å². The Kier molecular flexibility index (Phi) is 76.0. The molecule has 0 aromatic carbocycles. The van der Waals surface area contributed by atoms with Crippen LogP contribution < -0.4 is 0 Å². The van der Waals surface area contributed by atoms with Crippen LogP contribution in [0.2, 0.25) is 0 Å². The molecule has 0 saturated carbocycles. The number of phosphoric acid groups is 2. The zero-order chi connectivity index (χ0) is 77.1. The number of esters is 4. The summed E-state index contributed by atoms with van der Waals surface area (Å²) < 4.78 is 68.8. The van der Waals surface area contributed by atoms with Gasteiger partial charge in [-0.1, -0.05) is 408 Å². The predicted molar refractivity (Wildman–Crippen MR) is 432 cm³/mol. The average molecular weight is 1540 g/mol. The smallest absolute Gasteiger partial charge is 0.462 e. The second kappa shape index (κ2) is 77.4. The van der Waals surface area contributed by atoms with Gasteiger partial charge in [0.2, 0.25) is 0 Å². The SMILES string of the molecule is CCCCCCCCCCCCCCCCCCCCCCC(=O)OC[C@H](COP(=O)(O)OC[C@@H](O)COP(=O)(O)OC[C@@H](COC(=O)CCCCCCCCC(C)CC)OC(=O)CCCCCCCCCCCCCCC)OC(=O)CCCCCCCCCCCCCCCCCCCCC(C)CC. The van der Waals surface area contributed by atoms with E-state index in [1.165, 1.54) is 270 Å². The molecule has 0 aromatic heterocycles. The van der Waals surface area contributed by atoms with Crippen LogP contribution in [0.3, 0.4) is 0 Å². The molecule has 0 fully saturated rings. The summed E-state index contributed by atoms with van der Waals surface area (Å²) in [4.78, 5) is 73.2. The van der Waals surface area contributed by atoms with Crippen LogP contribution in [0.25, 0.3) is 0 Å².